The van der Waals surface area contributed by atoms with Crippen LogP contribution in [0.5, 0.6) is 0 Å². The quantitative estimate of drug-likeness (QED) is 0.523. The van der Waals surface area contributed by atoms with Gasteiger partial charge in [-0.2, -0.15) is 0 Å². The van der Waals surface area contributed by atoms with Crippen molar-refractivity contribution in [1.29, 1.82) is 0 Å². The lowest BCUT2D eigenvalue weighted by Crippen LogP contribution is -2.28. The fraction of sp³-hybridized carbons (Fsp3) is 0.409. The molecule has 1 heterocycles. The van der Waals surface area contributed by atoms with Gasteiger partial charge in [0.25, 0.3) is 0 Å². The molecule has 1 aromatic heterocycles. The number of aromatic nitrogens is 2. The van der Waals surface area contributed by atoms with Crippen LogP contribution in [-0.4, -0.2) is 22.6 Å². The van der Waals surface area contributed by atoms with Gasteiger partial charge in [-0.3, -0.25) is 4.57 Å². The van der Waals surface area contributed by atoms with Crippen LogP contribution in [0.25, 0.3) is 16.7 Å². The number of benzene rings is 2. The Morgan fingerprint density at radius 2 is 1.60 bits per heavy atom. The molecule has 0 aliphatic carbocycles. The molecule has 3 nitrogen and oxygen atoms in total. The maximum Gasteiger partial charge on any atom is 0.211 e. The summed E-state index contributed by atoms with van der Waals surface area (Å²) in [6.07, 6.45) is 4.79. The van der Waals surface area contributed by atoms with Crippen LogP contribution in [0.3, 0.4) is 0 Å². The van der Waals surface area contributed by atoms with Crippen molar-refractivity contribution in [1.82, 2.24) is 9.55 Å². The molecular weight excluding hydrogens is 306 g/mol. The van der Waals surface area contributed by atoms with Gasteiger partial charge in [0.2, 0.25) is 5.95 Å². The Bertz CT molecular complexity index is 797. The third kappa shape index (κ3) is 3.87. The minimum absolute atomic E-state index is 1.06. The molecule has 0 aliphatic rings. The smallest absolute Gasteiger partial charge is 0.211 e. The summed E-state index contributed by atoms with van der Waals surface area (Å²) in [5.41, 5.74) is 4.72. The number of unbranched alkanes of at least 4 members (excludes halogenated alkanes) is 2. The van der Waals surface area contributed by atoms with E-state index in [0.717, 1.165) is 24.6 Å². The maximum absolute atomic E-state index is 5.03. The number of imidazole rings is 1. The van der Waals surface area contributed by atoms with Crippen molar-refractivity contribution in [2.24, 2.45) is 0 Å². The first-order valence-corrected chi connectivity index (χ1v) is 9.54. The molecule has 3 heteroatoms. The summed E-state index contributed by atoms with van der Waals surface area (Å²) in [7, 11) is 0. The molecule has 0 saturated heterocycles. The average Bonchev–Trinajstić information content (AvgIpc) is 3.01. The van der Waals surface area contributed by atoms with Gasteiger partial charge in [0.15, 0.2) is 0 Å². The highest BCUT2D eigenvalue weighted by molar-refractivity contribution is 5.82. The number of anilines is 1. The molecule has 0 saturated carbocycles. The lowest BCUT2D eigenvalue weighted by molar-refractivity contribution is 0.660. The predicted molar refractivity (Wildman–Crippen MR) is 108 cm³/mol. The monoisotopic (exact) mass is 335 g/mol. The van der Waals surface area contributed by atoms with Crippen molar-refractivity contribution in [2.45, 2.75) is 46.5 Å². The van der Waals surface area contributed by atoms with Crippen LogP contribution in [0.4, 0.5) is 5.95 Å². The summed E-state index contributed by atoms with van der Waals surface area (Å²) in [5, 5.41) is 0. The van der Waals surface area contributed by atoms with E-state index in [-0.39, 0.29) is 0 Å². The SMILES string of the molecule is CCCCN(CCCC)c1nc2ccc(C)cc2n1-c1ccccc1. The van der Waals surface area contributed by atoms with Crippen LogP contribution in [0.15, 0.2) is 48.5 Å². The van der Waals surface area contributed by atoms with Crippen LogP contribution < -0.4 is 4.90 Å². The number of para-hydroxylation sites is 1. The molecule has 0 aliphatic heterocycles. The topological polar surface area (TPSA) is 21.1 Å². The normalized spacial score (nSPS) is 11.2. The van der Waals surface area contributed by atoms with Crippen molar-refractivity contribution in [3.8, 4) is 5.69 Å². The number of fused-ring (bicyclic) bond motifs is 1. The Kier molecular flexibility index (Phi) is 5.75. The molecule has 0 fully saturated rings. The number of hydrogen-bond donors (Lipinski definition) is 0. The van der Waals surface area contributed by atoms with Crippen LogP contribution in [-0.2, 0) is 0 Å². The molecule has 25 heavy (non-hydrogen) atoms. The van der Waals surface area contributed by atoms with E-state index in [1.54, 1.807) is 0 Å². The number of aryl methyl sites for hydroxylation is 1. The van der Waals surface area contributed by atoms with Gasteiger partial charge in [-0.1, -0.05) is 51.0 Å². The second kappa shape index (κ2) is 8.19. The Labute approximate surface area is 151 Å². The molecule has 0 spiro atoms. The Morgan fingerprint density at radius 3 is 2.24 bits per heavy atom. The molecule has 132 valence electrons. The Morgan fingerprint density at radius 1 is 0.920 bits per heavy atom. The molecule has 2 aromatic carbocycles. The van der Waals surface area contributed by atoms with Gasteiger partial charge in [0.05, 0.1) is 11.0 Å². The fourth-order valence-electron chi connectivity index (χ4n) is 3.23. The summed E-state index contributed by atoms with van der Waals surface area (Å²) >= 11 is 0. The summed E-state index contributed by atoms with van der Waals surface area (Å²) in [5.74, 6) is 1.08. The minimum Gasteiger partial charge on any atom is -0.342 e. The molecule has 0 radical (unpaired) electrons. The van der Waals surface area contributed by atoms with E-state index < -0.39 is 0 Å². The van der Waals surface area contributed by atoms with Gasteiger partial charge < -0.3 is 4.90 Å². The van der Waals surface area contributed by atoms with Gasteiger partial charge >= 0.3 is 0 Å². The molecule has 3 rings (SSSR count). The molecule has 0 amide bonds. The van der Waals surface area contributed by atoms with E-state index in [0.29, 0.717) is 0 Å². The predicted octanol–water partition coefficient (Wildman–Crippen LogP) is 5.74. The minimum atomic E-state index is 1.06. The van der Waals surface area contributed by atoms with Gasteiger partial charge in [-0.25, -0.2) is 4.98 Å². The largest absolute Gasteiger partial charge is 0.342 e. The molecule has 0 N–H and O–H groups in total. The lowest BCUT2D eigenvalue weighted by Gasteiger charge is -2.24. The standard InChI is InChI=1S/C22H29N3/c1-4-6-15-24(16-7-5-2)22-23-20-14-13-18(3)17-21(20)25(22)19-11-9-8-10-12-19/h8-14,17H,4-7,15-16H2,1-3H3. The number of hydrogen-bond acceptors (Lipinski definition) is 2. The Balaban J connectivity index is 2.14. The average molecular weight is 335 g/mol. The summed E-state index contributed by atoms with van der Waals surface area (Å²) in [6, 6.07) is 17.2. The summed E-state index contributed by atoms with van der Waals surface area (Å²) in [4.78, 5) is 7.49. The highest BCUT2D eigenvalue weighted by atomic mass is 15.3. The van der Waals surface area contributed by atoms with Gasteiger partial charge in [0.1, 0.15) is 0 Å². The van der Waals surface area contributed by atoms with Crippen molar-refractivity contribution in [3.63, 3.8) is 0 Å². The number of rotatable bonds is 8. The van der Waals surface area contributed by atoms with Crippen LogP contribution in [0, 0.1) is 6.92 Å². The first-order chi connectivity index (χ1) is 12.2. The molecular formula is C22H29N3. The first kappa shape index (κ1) is 17.5. The van der Waals surface area contributed by atoms with Crippen molar-refractivity contribution in [3.05, 3.63) is 54.1 Å². The van der Waals surface area contributed by atoms with Gasteiger partial charge in [-0.05, 0) is 49.6 Å². The van der Waals surface area contributed by atoms with Crippen LogP contribution in [0.1, 0.15) is 45.1 Å². The Hall–Kier alpha value is -2.29. The third-order valence-electron chi connectivity index (χ3n) is 4.65. The highest BCUT2D eigenvalue weighted by Gasteiger charge is 2.18. The highest BCUT2D eigenvalue weighted by Crippen LogP contribution is 2.28. The second-order valence-corrected chi connectivity index (χ2v) is 6.77. The molecule has 3 aromatic rings. The zero-order valence-corrected chi connectivity index (χ0v) is 15.7. The van der Waals surface area contributed by atoms with Crippen molar-refractivity contribution >= 4 is 17.0 Å². The molecule has 0 unspecified atom stereocenters. The summed E-state index contributed by atoms with van der Waals surface area (Å²) < 4.78 is 2.33. The van der Waals surface area contributed by atoms with E-state index in [4.69, 9.17) is 4.98 Å². The van der Waals surface area contributed by atoms with Crippen molar-refractivity contribution in [2.75, 3.05) is 18.0 Å². The van der Waals surface area contributed by atoms with Crippen LogP contribution >= 0.6 is 0 Å². The zero-order chi connectivity index (χ0) is 17.6. The van der Waals surface area contributed by atoms with Gasteiger partial charge in [-0.15, -0.1) is 0 Å². The van der Waals surface area contributed by atoms with Crippen LogP contribution in [0.2, 0.25) is 0 Å². The molecule has 0 atom stereocenters. The maximum atomic E-state index is 5.03. The fourth-order valence-corrected chi connectivity index (χ4v) is 3.23. The summed E-state index contributed by atoms with van der Waals surface area (Å²) in [6.45, 7) is 8.77. The molecule has 0 bridgehead atoms. The second-order valence-electron chi connectivity index (χ2n) is 6.77. The first-order valence-electron chi connectivity index (χ1n) is 9.54. The van der Waals surface area contributed by atoms with E-state index >= 15 is 0 Å². The van der Waals surface area contributed by atoms with E-state index in [1.165, 1.54) is 42.5 Å². The number of nitrogens with zero attached hydrogens (tertiary/aromatic N) is 3. The van der Waals surface area contributed by atoms with Crippen molar-refractivity contribution < 1.29 is 0 Å². The van der Waals surface area contributed by atoms with E-state index in [1.807, 2.05) is 0 Å². The van der Waals surface area contributed by atoms with E-state index in [9.17, 15) is 0 Å². The lowest BCUT2D eigenvalue weighted by atomic mass is 10.2. The van der Waals surface area contributed by atoms with E-state index in [2.05, 4.69) is 78.8 Å². The van der Waals surface area contributed by atoms with Gasteiger partial charge in [0, 0.05) is 18.8 Å². The zero-order valence-electron chi connectivity index (χ0n) is 15.7. The third-order valence-corrected chi connectivity index (χ3v) is 4.65.